The Bertz CT molecular complexity index is 2220. The molecule has 2 amide bonds. The average Bonchev–Trinajstić information content (AvgIpc) is 3.44. The normalized spacial score (nSPS) is 26.5. The first kappa shape index (κ1) is 34.4. The molecule has 9 heteroatoms. The number of amides is 2. The van der Waals surface area contributed by atoms with Crippen LogP contribution >= 0.6 is 11.6 Å². The molecule has 0 unspecified atom stereocenters. The van der Waals surface area contributed by atoms with Crippen LogP contribution in [0.3, 0.4) is 0 Å². The second-order valence-corrected chi connectivity index (χ2v) is 14.4. The maximum absolute atomic E-state index is 15.1. The number of rotatable bonds is 7. The zero-order valence-electron chi connectivity index (χ0n) is 29.1. The van der Waals surface area contributed by atoms with Crippen molar-refractivity contribution < 1.29 is 33.8 Å². The van der Waals surface area contributed by atoms with Gasteiger partial charge in [0.25, 0.3) is 0 Å². The van der Waals surface area contributed by atoms with E-state index in [4.69, 9.17) is 21.1 Å². The molecule has 1 heterocycles. The number of carbonyl (C=O) groups excluding carboxylic acids is 4. The number of aromatic hydroxyl groups is 1. The number of fused-ring (bicyclic) bond motifs is 4. The van der Waals surface area contributed by atoms with Gasteiger partial charge in [0.1, 0.15) is 0 Å². The van der Waals surface area contributed by atoms with E-state index < -0.39 is 35.0 Å². The highest BCUT2D eigenvalue weighted by atomic mass is 35.5. The molecule has 0 radical (unpaired) electrons. The van der Waals surface area contributed by atoms with E-state index in [1.54, 1.807) is 36.4 Å². The Hall–Kier alpha value is -5.73. The lowest BCUT2D eigenvalue weighted by molar-refractivity contribution is -0.135. The fraction of sp³-hybridized carbons (Fsp3) is 0.227. The van der Waals surface area contributed by atoms with Gasteiger partial charge in [0.2, 0.25) is 17.6 Å². The fourth-order valence-corrected chi connectivity index (χ4v) is 9.31. The molecule has 1 saturated heterocycles. The maximum atomic E-state index is 15.1. The zero-order chi connectivity index (χ0) is 37.0. The van der Waals surface area contributed by atoms with Crippen molar-refractivity contribution >= 4 is 52.3 Å². The molecule has 4 aliphatic rings. The first-order chi connectivity index (χ1) is 25.7. The van der Waals surface area contributed by atoms with Crippen molar-refractivity contribution in [2.75, 3.05) is 19.1 Å². The molecule has 266 valence electrons. The van der Waals surface area contributed by atoms with Gasteiger partial charge in [-0.1, -0.05) is 96.1 Å². The Morgan fingerprint density at radius 2 is 1.47 bits per heavy atom. The number of hydrogen-bond acceptors (Lipinski definition) is 7. The lowest BCUT2D eigenvalue weighted by Gasteiger charge is -2.54. The fourth-order valence-electron chi connectivity index (χ4n) is 9.18. The molecule has 0 spiro atoms. The number of halogens is 1. The minimum atomic E-state index is -1.35. The summed E-state index contributed by atoms with van der Waals surface area (Å²) in [5.41, 5.74) is 2.24. The van der Waals surface area contributed by atoms with Gasteiger partial charge >= 0.3 is 0 Å². The molecule has 8 nitrogen and oxygen atoms in total. The maximum Gasteiger partial charge on any atom is 0.238 e. The summed E-state index contributed by atoms with van der Waals surface area (Å²) in [6.07, 6.45) is 7.78. The number of hydrogen-bond donors (Lipinski definition) is 1. The Kier molecular flexibility index (Phi) is 8.66. The number of imide groups is 1. The Balaban J connectivity index is 1.33. The van der Waals surface area contributed by atoms with Gasteiger partial charge < -0.3 is 14.6 Å². The summed E-state index contributed by atoms with van der Waals surface area (Å²) in [7, 11) is 2.89. The Labute approximate surface area is 312 Å². The number of phenols is 1. The molecular weight excluding hydrogens is 690 g/mol. The van der Waals surface area contributed by atoms with E-state index in [2.05, 4.69) is 0 Å². The number of anilines is 1. The van der Waals surface area contributed by atoms with E-state index in [1.807, 2.05) is 78.9 Å². The van der Waals surface area contributed by atoms with Gasteiger partial charge in [0, 0.05) is 22.4 Å². The topological polar surface area (TPSA) is 110 Å². The van der Waals surface area contributed by atoms with Crippen molar-refractivity contribution in [1.29, 1.82) is 0 Å². The molecule has 0 aromatic heterocycles. The van der Waals surface area contributed by atoms with Crippen LogP contribution in [0.1, 0.15) is 29.5 Å². The number of allylic oxidation sites excluding steroid dienone is 5. The predicted octanol–water partition coefficient (Wildman–Crippen LogP) is 7.64. The Morgan fingerprint density at radius 1 is 0.830 bits per heavy atom. The number of nitrogens with zero attached hydrogens (tertiary/aromatic N) is 1. The minimum Gasteiger partial charge on any atom is -0.502 e. The number of Topliss-reactive ketones (excluding diaryl/α,β-unsaturated/α-hetero) is 1. The molecule has 4 aromatic rings. The third kappa shape index (κ3) is 5.34. The highest BCUT2D eigenvalue weighted by molar-refractivity contribution is 6.32. The van der Waals surface area contributed by atoms with Crippen LogP contribution in [0.25, 0.3) is 11.6 Å². The van der Waals surface area contributed by atoms with Gasteiger partial charge in [-0.3, -0.25) is 24.1 Å². The van der Waals surface area contributed by atoms with Crippen LogP contribution in [0, 0.1) is 29.6 Å². The number of ether oxygens (including phenoxy) is 2. The van der Waals surface area contributed by atoms with Crippen molar-refractivity contribution in [3.63, 3.8) is 0 Å². The van der Waals surface area contributed by atoms with E-state index in [1.165, 1.54) is 25.2 Å². The van der Waals surface area contributed by atoms with Crippen LogP contribution in [0.5, 0.6) is 17.2 Å². The molecule has 6 atom stereocenters. The van der Waals surface area contributed by atoms with Crippen LogP contribution < -0.4 is 14.4 Å². The Morgan fingerprint density at radius 3 is 2.11 bits per heavy atom. The molecule has 3 aliphatic carbocycles. The van der Waals surface area contributed by atoms with Crippen molar-refractivity contribution in [3.8, 4) is 17.2 Å². The van der Waals surface area contributed by atoms with Gasteiger partial charge in [0.15, 0.2) is 23.1 Å². The smallest absolute Gasteiger partial charge is 0.238 e. The first-order valence-electron chi connectivity index (χ1n) is 17.6. The second kappa shape index (κ2) is 13.4. The molecule has 4 aromatic carbocycles. The summed E-state index contributed by atoms with van der Waals surface area (Å²) in [6, 6.07) is 28.5. The van der Waals surface area contributed by atoms with Gasteiger partial charge in [-0.2, -0.15) is 0 Å². The second-order valence-electron chi connectivity index (χ2n) is 14.0. The van der Waals surface area contributed by atoms with Gasteiger partial charge in [-0.25, -0.2) is 0 Å². The van der Waals surface area contributed by atoms with Crippen LogP contribution in [0.15, 0.2) is 121 Å². The van der Waals surface area contributed by atoms with Crippen LogP contribution in [-0.2, 0) is 24.6 Å². The van der Waals surface area contributed by atoms with E-state index in [9.17, 15) is 14.7 Å². The van der Waals surface area contributed by atoms with E-state index >= 15 is 9.59 Å². The van der Waals surface area contributed by atoms with E-state index in [-0.39, 0.29) is 47.1 Å². The largest absolute Gasteiger partial charge is 0.502 e. The molecule has 1 saturated carbocycles. The van der Waals surface area contributed by atoms with Gasteiger partial charge in [0.05, 0.1) is 37.2 Å². The summed E-state index contributed by atoms with van der Waals surface area (Å²) >= 11 is 6.15. The van der Waals surface area contributed by atoms with Crippen molar-refractivity contribution in [3.05, 3.63) is 143 Å². The molecule has 1 aliphatic heterocycles. The average molecular weight is 726 g/mol. The lowest BCUT2D eigenvalue weighted by atomic mass is 9.45. The standard InChI is InChI=1S/C44H36ClNO7/c1-52-36-21-25(22-37(53-2)41(36)49)13-20-34-30-18-19-31-39(43(51)46(42(31)50)29-16-14-28(45)15-17-29)33(30)23-35-40(48)32(26-9-5-3-6-10-26)24-38(47)44(34,35)27-11-7-4-8-12-27/h3-18,20-22,24,31,33-35,39,49H,19,23H2,1-2H3/t31-,33+,34-,35-,39-,44-/m0/s1. The number of ketones is 2. The highest BCUT2D eigenvalue weighted by Gasteiger charge is 2.65. The van der Waals surface area contributed by atoms with Crippen LogP contribution in [0.2, 0.25) is 5.02 Å². The molecular formula is C44H36ClNO7. The number of carbonyl (C=O) groups is 4. The third-order valence-corrected chi connectivity index (χ3v) is 11.8. The van der Waals surface area contributed by atoms with Gasteiger partial charge in [-0.15, -0.1) is 0 Å². The van der Waals surface area contributed by atoms with Crippen molar-refractivity contribution in [1.82, 2.24) is 0 Å². The monoisotopic (exact) mass is 725 g/mol. The minimum absolute atomic E-state index is 0.145. The van der Waals surface area contributed by atoms with Gasteiger partial charge in [-0.05, 0) is 77.9 Å². The predicted molar refractivity (Wildman–Crippen MR) is 202 cm³/mol. The quantitative estimate of drug-likeness (QED) is 0.154. The SMILES string of the molecule is COc1cc(C=C[C@H]2C3=CC[C@@H]4C(=O)N(c5ccc(Cl)cc5)C(=O)[C@@H]4[C@@H]3C[C@H]3C(=O)C(c4ccccc4)=CC(=O)[C@@]23c2ccccc2)cc(OC)c1O. The molecule has 2 fully saturated rings. The van der Waals surface area contributed by atoms with E-state index in [0.29, 0.717) is 39.4 Å². The highest BCUT2D eigenvalue weighted by Crippen LogP contribution is 2.61. The summed E-state index contributed by atoms with van der Waals surface area (Å²) in [4.78, 5) is 60.0. The van der Waals surface area contributed by atoms with Crippen molar-refractivity contribution in [2.45, 2.75) is 18.3 Å². The third-order valence-electron chi connectivity index (χ3n) is 11.5. The summed E-state index contributed by atoms with van der Waals surface area (Å²) in [5, 5.41) is 11.1. The number of benzene rings is 4. The molecule has 8 rings (SSSR count). The molecule has 0 bridgehead atoms. The summed E-state index contributed by atoms with van der Waals surface area (Å²) < 4.78 is 10.8. The summed E-state index contributed by atoms with van der Waals surface area (Å²) in [5.74, 6) is -4.13. The first-order valence-corrected chi connectivity index (χ1v) is 17.9. The summed E-state index contributed by atoms with van der Waals surface area (Å²) in [6.45, 7) is 0. The lowest BCUT2D eigenvalue weighted by Crippen LogP contribution is -2.59. The molecule has 1 N–H and O–H groups in total. The van der Waals surface area contributed by atoms with Crippen LogP contribution in [0.4, 0.5) is 5.69 Å². The molecule has 53 heavy (non-hydrogen) atoms. The van der Waals surface area contributed by atoms with Crippen LogP contribution in [-0.4, -0.2) is 42.7 Å². The number of phenolic OH excluding ortho intramolecular Hbond substituents is 1. The van der Waals surface area contributed by atoms with Crippen molar-refractivity contribution in [2.24, 2.45) is 29.6 Å². The zero-order valence-corrected chi connectivity index (χ0v) is 29.8. The van der Waals surface area contributed by atoms with E-state index in [0.717, 1.165) is 5.57 Å². The number of methoxy groups -OCH3 is 2.